The van der Waals surface area contributed by atoms with Gasteiger partial charge in [0.1, 0.15) is 17.6 Å². The van der Waals surface area contributed by atoms with Crippen molar-refractivity contribution in [2.45, 2.75) is 18.3 Å². The summed E-state index contributed by atoms with van der Waals surface area (Å²) in [6, 6.07) is 10.9. The Morgan fingerprint density at radius 3 is 2.96 bits per heavy atom. The number of benzene rings is 1. The minimum Gasteiger partial charge on any atom is -0.472 e. The molecule has 0 N–H and O–H groups in total. The first-order valence-corrected chi connectivity index (χ1v) is 10.5. The molecular formula is C17H16BrN3O4S. The van der Waals surface area contributed by atoms with Crippen LogP contribution in [-0.2, 0) is 15.8 Å². The maximum atomic E-state index is 12.8. The van der Waals surface area contributed by atoms with E-state index in [1.165, 1.54) is 4.31 Å². The van der Waals surface area contributed by atoms with Crippen LogP contribution in [0.25, 0.3) is 11.0 Å². The fraction of sp³-hybridized carbons (Fsp3) is 0.294. The zero-order chi connectivity index (χ0) is 18.1. The predicted octanol–water partition coefficient (Wildman–Crippen LogP) is 2.97. The van der Waals surface area contributed by atoms with Gasteiger partial charge in [0.15, 0.2) is 5.58 Å². The standard InChI is InChI=1S/C17H16BrN3O4S/c18-14-5-3-8-19-17(14)24-12-7-9-21(10-12)26(22,23)11-15-13-4-1-2-6-16(13)25-20-15/h1-6,8,12H,7,9-11H2. The Hall–Kier alpha value is -1.97. The van der Waals surface area contributed by atoms with Crippen LogP contribution in [0.3, 0.4) is 0 Å². The normalized spacial score (nSPS) is 18.4. The van der Waals surface area contributed by atoms with Crippen molar-refractivity contribution >= 4 is 36.9 Å². The van der Waals surface area contributed by atoms with E-state index >= 15 is 0 Å². The van der Waals surface area contributed by atoms with Crippen LogP contribution >= 0.6 is 15.9 Å². The summed E-state index contributed by atoms with van der Waals surface area (Å²) >= 11 is 3.38. The largest absolute Gasteiger partial charge is 0.472 e. The molecule has 1 aliphatic heterocycles. The summed E-state index contributed by atoms with van der Waals surface area (Å²) in [5, 5.41) is 4.64. The van der Waals surface area contributed by atoms with E-state index < -0.39 is 10.0 Å². The van der Waals surface area contributed by atoms with E-state index in [1.807, 2.05) is 24.3 Å². The number of halogens is 1. The average molecular weight is 438 g/mol. The molecule has 3 heterocycles. The van der Waals surface area contributed by atoms with Gasteiger partial charge in [0.2, 0.25) is 15.9 Å². The number of hydrogen-bond acceptors (Lipinski definition) is 6. The van der Waals surface area contributed by atoms with Crippen molar-refractivity contribution in [2.24, 2.45) is 0 Å². The molecule has 1 unspecified atom stereocenters. The Bertz CT molecular complexity index is 1040. The molecular weight excluding hydrogens is 422 g/mol. The van der Waals surface area contributed by atoms with Gasteiger partial charge in [0, 0.05) is 18.1 Å². The van der Waals surface area contributed by atoms with Gasteiger partial charge in [-0.05, 0) is 46.6 Å². The van der Waals surface area contributed by atoms with Crippen molar-refractivity contribution in [3.8, 4) is 5.88 Å². The first-order chi connectivity index (χ1) is 12.5. The number of pyridine rings is 1. The van der Waals surface area contributed by atoms with Crippen molar-refractivity contribution in [1.29, 1.82) is 0 Å². The number of ether oxygens (including phenoxy) is 1. The Morgan fingerprint density at radius 2 is 2.12 bits per heavy atom. The van der Waals surface area contributed by atoms with Crippen LogP contribution < -0.4 is 4.74 Å². The van der Waals surface area contributed by atoms with Crippen molar-refractivity contribution in [3.05, 3.63) is 52.8 Å². The smallest absolute Gasteiger partial charge is 0.228 e. The lowest BCUT2D eigenvalue weighted by molar-refractivity contribution is 0.205. The highest BCUT2D eigenvalue weighted by Crippen LogP contribution is 2.27. The SMILES string of the molecule is O=S(=O)(Cc1noc2ccccc12)N1CCC(Oc2ncccc2Br)C1. The highest BCUT2D eigenvalue weighted by molar-refractivity contribution is 9.10. The van der Waals surface area contributed by atoms with Gasteiger partial charge in [-0.25, -0.2) is 13.4 Å². The van der Waals surface area contributed by atoms with Crippen LogP contribution in [0.2, 0.25) is 0 Å². The molecule has 1 atom stereocenters. The number of hydrogen-bond donors (Lipinski definition) is 0. The fourth-order valence-corrected chi connectivity index (χ4v) is 4.83. The molecule has 7 nitrogen and oxygen atoms in total. The molecule has 0 saturated carbocycles. The zero-order valence-corrected chi connectivity index (χ0v) is 16.1. The van der Waals surface area contributed by atoms with Crippen LogP contribution in [0.15, 0.2) is 51.6 Å². The molecule has 26 heavy (non-hydrogen) atoms. The topological polar surface area (TPSA) is 85.5 Å². The van der Waals surface area contributed by atoms with Gasteiger partial charge in [-0.3, -0.25) is 0 Å². The third kappa shape index (κ3) is 3.46. The summed E-state index contributed by atoms with van der Waals surface area (Å²) in [5.41, 5.74) is 1.01. The second-order valence-corrected chi connectivity index (χ2v) is 8.88. The maximum absolute atomic E-state index is 12.8. The molecule has 4 rings (SSSR count). The van der Waals surface area contributed by atoms with Gasteiger partial charge in [0.05, 0.1) is 11.0 Å². The minimum atomic E-state index is -3.51. The molecule has 136 valence electrons. The lowest BCUT2D eigenvalue weighted by atomic mass is 10.2. The number of aromatic nitrogens is 2. The van der Waals surface area contributed by atoms with E-state index in [0.29, 0.717) is 36.7 Å². The summed E-state index contributed by atoms with van der Waals surface area (Å²) in [6.45, 7) is 0.703. The van der Waals surface area contributed by atoms with E-state index in [4.69, 9.17) is 9.26 Å². The first kappa shape index (κ1) is 17.4. The van der Waals surface area contributed by atoms with E-state index in [2.05, 4.69) is 26.1 Å². The number of nitrogens with zero attached hydrogens (tertiary/aromatic N) is 3. The summed E-state index contributed by atoms with van der Waals surface area (Å²) in [6.07, 6.45) is 2.02. The van der Waals surface area contributed by atoms with Crippen molar-refractivity contribution < 1.29 is 17.7 Å². The Morgan fingerprint density at radius 1 is 1.27 bits per heavy atom. The molecule has 1 fully saturated rings. The van der Waals surface area contributed by atoms with E-state index in [9.17, 15) is 8.42 Å². The fourth-order valence-electron chi connectivity index (χ4n) is 2.97. The van der Waals surface area contributed by atoms with Crippen LogP contribution in [0, 0.1) is 0 Å². The molecule has 1 aliphatic rings. The monoisotopic (exact) mass is 437 g/mol. The van der Waals surface area contributed by atoms with Gasteiger partial charge >= 0.3 is 0 Å². The van der Waals surface area contributed by atoms with E-state index in [0.717, 1.165) is 9.86 Å². The van der Waals surface area contributed by atoms with Crippen molar-refractivity contribution in [2.75, 3.05) is 13.1 Å². The second-order valence-electron chi connectivity index (χ2n) is 6.06. The van der Waals surface area contributed by atoms with Crippen molar-refractivity contribution in [3.63, 3.8) is 0 Å². The highest BCUT2D eigenvalue weighted by Gasteiger charge is 2.34. The summed E-state index contributed by atoms with van der Waals surface area (Å²) < 4.78 is 38.8. The number of fused-ring (bicyclic) bond motifs is 1. The number of sulfonamides is 1. The summed E-state index contributed by atoms with van der Waals surface area (Å²) in [4.78, 5) is 4.16. The predicted molar refractivity (Wildman–Crippen MR) is 99.2 cm³/mol. The Labute approximate surface area is 159 Å². The van der Waals surface area contributed by atoms with Crippen molar-refractivity contribution in [1.82, 2.24) is 14.4 Å². The van der Waals surface area contributed by atoms with Gasteiger partial charge in [-0.2, -0.15) is 4.31 Å². The number of para-hydroxylation sites is 1. The van der Waals surface area contributed by atoms with Crippen LogP contribution in [0.1, 0.15) is 12.1 Å². The van der Waals surface area contributed by atoms with Crippen LogP contribution in [0.5, 0.6) is 5.88 Å². The minimum absolute atomic E-state index is 0.190. The molecule has 0 bridgehead atoms. The van der Waals surface area contributed by atoms with Gasteiger partial charge in [-0.1, -0.05) is 17.3 Å². The quantitative estimate of drug-likeness (QED) is 0.609. The molecule has 0 radical (unpaired) electrons. The Balaban J connectivity index is 1.46. The average Bonchev–Trinajstić information content (AvgIpc) is 3.25. The zero-order valence-electron chi connectivity index (χ0n) is 13.7. The molecule has 0 spiro atoms. The molecule has 0 amide bonds. The summed E-state index contributed by atoms with van der Waals surface area (Å²) in [5.74, 6) is 0.281. The first-order valence-electron chi connectivity index (χ1n) is 8.11. The van der Waals surface area contributed by atoms with E-state index in [1.54, 1.807) is 18.3 Å². The van der Waals surface area contributed by atoms with E-state index in [-0.39, 0.29) is 11.9 Å². The van der Waals surface area contributed by atoms with Gasteiger partial charge < -0.3 is 9.26 Å². The highest BCUT2D eigenvalue weighted by atomic mass is 79.9. The summed E-state index contributed by atoms with van der Waals surface area (Å²) in [7, 11) is -3.51. The molecule has 1 saturated heterocycles. The number of rotatable bonds is 5. The van der Waals surface area contributed by atoms with Crippen LogP contribution in [-0.4, -0.2) is 42.1 Å². The van der Waals surface area contributed by atoms with Crippen LogP contribution in [0.4, 0.5) is 0 Å². The van der Waals surface area contributed by atoms with Gasteiger partial charge in [-0.15, -0.1) is 0 Å². The lowest BCUT2D eigenvalue weighted by Gasteiger charge is -2.16. The second kappa shape index (κ2) is 6.98. The maximum Gasteiger partial charge on any atom is 0.228 e. The molecule has 1 aromatic carbocycles. The Kier molecular flexibility index (Phi) is 4.68. The molecule has 9 heteroatoms. The lowest BCUT2D eigenvalue weighted by Crippen LogP contribution is -2.32. The third-order valence-electron chi connectivity index (χ3n) is 4.28. The third-order valence-corrected chi connectivity index (χ3v) is 6.64. The molecule has 3 aromatic rings. The van der Waals surface area contributed by atoms with Gasteiger partial charge in [0.25, 0.3) is 0 Å². The molecule has 2 aromatic heterocycles. The molecule has 0 aliphatic carbocycles.